The van der Waals surface area contributed by atoms with E-state index >= 15 is 0 Å². The Morgan fingerprint density at radius 3 is 2.58 bits per heavy atom. The van der Waals surface area contributed by atoms with Crippen LogP contribution >= 0.6 is 0 Å². The molecule has 0 spiro atoms. The third kappa shape index (κ3) is 7.20. The molecule has 1 amide bonds. The molecular formula is C20H29F3N4O4. The summed E-state index contributed by atoms with van der Waals surface area (Å²) in [6.45, 7) is 5.53. The zero-order chi connectivity index (χ0) is 22.6. The summed E-state index contributed by atoms with van der Waals surface area (Å²) < 4.78 is 39.4. The number of carbonyl (C=O) groups is 2. The number of alkyl halides is 3. The highest BCUT2D eigenvalue weighted by atomic mass is 19.4. The molecule has 2 saturated heterocycles. The van der Waals surface area contributed by atoms with Crippen molar-refractivity contribution in [2.75, 3.05) is 32.8 Å². The van der Waals surface area contributed by atoms with Gasteiger partial charge in [-0.2, -0.15) is 18.3 Å². The Bertz CT molecular complexity index is 766. The smallest absolute Gasteiger partial charge is 0.475 e. The minimum absolute atomic E-state index is 0.210. The molecular weight excluding hydrogens is 417 g/mol. The number of amides is 1. The highest BCUT2D eigenvalue weighted by molar-refractivity contribution is 5.76. The van der Waals surface area contributed by atoms with Gasteiger partial charge in [0.25, 0.3) is 0 Å². The Balaban J connectivity index is 0.000000339. The number of nitrogens with one attached hydrogen (secondary N) is 1. The van der Waals surface area contributed by atoms with Crippen LogP contribution in [0.1, 0.15) is 24.8 Å². The van der Waals surface area contributed by atoms with Gasteiger partial charge in [0, 0.05) is 51.4 Å². The van der Waals surface area contributed by atoms with Crippen LogP contribution in [0.5, 0.6) is 0 Å². The lowest BCUT2D eigenvalue weighted by Gasteiger charge is -2.32. The Kier molecular flexibility index (Phi) is 7.58. The Labute approximate surface area is 178 Å². The van der Waals surface area contributed by atoms with Crippen LogP contribution in [0.15, 0.2) is 12.4 Å². The summed E-state index contributed by atoms with van der Waals surface area (Å²) in [5.74, 6) is -0.291. The van der Waals surface area contributed by atoms with E-state index in [9.17, 15) is 18.0 Å². The summed E-state index contributed by atoms with van der Waals surface area (Å²) in [6.07, 6.45) is 2.12. The van der Waals surface area contributed by atoms with Gasteiger partial charge in [0.1, 0.15) is 0 Å². The molecule has 1 saturated carbocycles. The molecule has 8 nitrogen and oxygen atoms in total. The van der Waals surface area contributed by atoms with Crippen LogP contribution in [0, 0.1) is 23.7 Å². The first-order chi connectivity index (χ1) is 14.6. The number of aromatic nitrogens is 2. The molecule has 3 aliphatic rings. The molecule has 4 rings (SSSR count). The summed E-state index contributed by atoms with van der Waals surface area (Å²) in [4.78, 5) is 23.6. The predicted octanol–water partition coefficient (Wildman–Crippen LogP) is 1.66. The molecule has 3 fully saturated rings. The van der Waals surface area contributed by atoms with Gasteiger partial charge in [0.15, 0.2) is 0 Å². The first-order valence-corrected chi connectivity index (χ1v) is 10.5. The van der Waals surface area contributed by atoms with Crippen molar-refractivity contribution in [1.29, 1.82) is 0 Å². The molecule has 0 bridgehead atoms. The number of likely N-dealkylation sites (tertiary alicyclic amines) is 1. The standard InChI is InChI=1S/C18H28N4O2.C2HF3O2/c1-21-7-14(6-20-21)8-22-9-16-12-24-11-15(17(16)10-22)4-18(23)19-5-13-2-3-13;3-2(4,5)1(6)7/h6-7,13,15-17H,2-5,8-12H2,1H3,(H,19,23);(H,6,7)/t15-,16-,17+;/m1./s1. The number of fused-ring (bicyclic) bond motifs is 1. The minimum atomic E-state index is -5.08. The van der Waals surface area contributed by atoms with Crippen molar-refractivity contribution in [2.45, 2.75) is 32.0 Å². The summed E-state index contributed by atoms with van der Waals surface area (Å²) in [5.41, 5.74) is 1.26. The number of nitrogens with zero attached hydrogens (tertiary/aromatic N) is 3. The molecule has 0 aromatic carbocycles. The van der Waals surface area contributed by atoms with E-state index in [4.69, 9.17) is 14.6 Å². The van der Waals surface area contributed by atoms with Crippen LogP contribution < -0.4 is 5.32 Å². The molecule has 1 aliphatic carbocycles. The number of hydrogen-bond donors (Lipinski definition) is 2. The van der Waals surface area contributed by atoms with Crippen LogP contribution in [0.4, 0.5) is 13.2 Å². The van der Waals surface area contributed by atoms with Gasteiger partial charge in [-0.1, -0.05) is 0 Å². The molecule has 31 heavy (non-hydrogen) atoms. The molecule has 11 heteroatoms. The number of halogens is 3. The van der Waals surface area contributed by atoms with Gasteiger partial charge in [-0.15, -0.1) is 0 Å². The van der Waals surface area contributed by atoms with Crippen molar-refractivity contribution in [3.63, 3.8) is 0 Å². The van der Waals surface area contributed by atoms with Gasteiger partial charge in [-0.3, -0.25) is 14.4 Å². The average Bonchev–Trinajstić information content (AvgIpc) is 3.29. The van der Waals surface area contributed by atoms with Crippen molar-refractivity contribution in [3.05, 3.63) is 18.0 Å². The summed E-state index contributed by atoms with van der Waals surface area (Å²) >= 11 is 0. The molecule has 1 aromatic rings. The van der Waals surface area contributed by atoms with Crippen LogP contribution in [0.2, 0.25) is 0 Å². The second-order valence-corrected chi connectivity index (χ2v) is 8.69. The minimum Gasteiger partial charge on any atom is -0.475 e. The average molecular weight is 446 g/mol. The number of aliphatic carboxylic acids is 1. The van der Waals surface area contributed by atoms with Crippen molar-refractivity contribution in [3.8, 4) is 0 Å². The quantitative estimate of drug-likeness (QED) is 0.690. The van der Waals surface area contributed by atoms with Crippen LogP contribution in [0.25, 0.3) is 0 Å². The van der Waals surface area contributed by atoms with Gasteiger partial charge in [-0.05, 0) is 36.5 Å². The van der Waals surface area contributed by atoms with Crippen LogP contribution in [-0.4, -0.2) is 70.7 Å². The molecule has 0 unspecified atom stereocenters. The number of carboxylic acids is 1. The second-order valence-electron chi connectivity index (χ2n) is 8.69. The van der Waals surface area contributed by atoms with Gasteiger partial charge in [0.2, 0.25) is 5.91 Å². The summed E-state index contributed by atoms with van der Waals surface area (Å²) in [6, 6.07) is 0. The lowest BCUT2D eigenvalue weighted by atomic mass is 9.81. The van der Waals surface area contributed by atoms with E-state index in [1.165, 1.54) is 18.4 Å². The molecule has 3 heterocycles. The van der Waals surface area contributed by atoms with Gasteiger partial charge in [0.05, 0.1) is 19.4 Å². The zero-order valence-electron chi connectivity index (χ0n) is 17.5. The number of rotatable bonds is 6. The predicted molar refractivity (Wildman–Crippen MR) is 104 cm³/mol. The van der Waals surface area contributed by atoms with E-state index in [2.05, 4.69) is 21.5 Å². The first-order valence-electron chi connectivity index (χ1n) is 10.5. The third-order valence-electron chi connectivity index (χ3n) is 5.98. The van der Waals surface area contributed by atoms with Gasteiger partial charge >= 0.3 is 12.1 Å². The van der Waals surface area contributed by atoms with Gasteiger partial charge in [-0.25, -0.2) is 4.79 Å². The molecule has 0 radical (unpaired) electrons. The van der Waals surface area contributed by atoms with Gasteiger partial charge < -0.3 is 15.2 Å². The number of aryl methyl sites for hydroxylation is 1. The lowest BCUT2D eigenvalue weighted by molar-refractivity contribution is -0.192. The van der Waals surface area contributed by atoms with E-state index in [0.717, 1.165) is 45.3 Å². The number of carboxylic acid groups (broad SMARTS) is 1. The molecule has 3 atom stereocenters. The molecule has 2 N–H and O–H groups in total. The van der Waals surface area contributed by atoms with Crippen LogP contribution in [-0.2, 0) is 27.9 Å². The van der Waals surface area contributed by atoms with E-state index in [-0.39, 0.29) is 5.91 Å². The summed E-state index contributed by atoms with van der Waals surface area (Å²) in [7, 11) is 1.96. The van der Waals surface area contributed by atoms with Crippen molar-refractivity contribution in [1.82, 2.24) is 20.0 Å². The van der Waals surface area contributed by atoms with E-state index in [1.807, 2.05) is 17.9 Å². The highest BCUT2D eigenvalue weighted by Gasteiger charge is 2.41. The number of hydrogen-bond acceptors (Lipinski definition) is 5. The zero-order valence-corrected chi connectivity index (χ0v) is 17.5. The first kappa shape index (κ1) is 23.5. The monoisotopic (exact) mass is 446 g/mol. The van der Waals surface area contributed by atoms with E-state index in [0.29, 0.717) is 24.2 Å². The fourth-order valence-electron chi connectivity index (χ4n) is 4.24. The molecule has 2 aliphatic heterocycles. The topological polar surface area (TPSA) is 96.7 Å². The normalized spacial score (nSPS) is 26.0. The Hall–Kier alpha value is -2.14. The Morgan fingerprint density at radius 2 is 2.00 bits per heavy atom. The maximum atomic E-state index is 12.2. The fourth-order valence-corrected chi connectivity index (χ4v) is 4.24. The van der Waals surface area contributed by atoms with Crippen LogP contribution in [0.3, 0.4) is 0 Å². The third-order valence-corrected chi connectivity index (χ3v) is 5.98. The molecule has 174 valence electrons. The maximum absolute atomic E-state index is 12.2. The second kappa shape index (κ2) is 9.99. The van der Waals surface area contributed by atoms with E-state index < -0.39 is 12.1 Å². The SMILES string of the molecule is Cn1cc(CN2C[C@@H]3COC[C@@H](CC(=O)NCC4CC4)[C@@H]3C2)cn1.O=C(O)C(F)(F)F. The van der Waals surface area contributed by atoms with Crippen molar-refractivity contribution in [2.24, 2.45) is 30.7 Å². The largest absolute Gasteiger partial charge is 0.490 e. The fraction of sp³-hybridized carbons (Fsp3) is 0.750. The molecule has 1 aromatic heterocycles. The number of carbonyl (C=O) groups excluding carboxylic acids is 1. The maximum Gasteiger partial charge on any atom is 0.490 e. The lowest BCUT2D eigenvalue weighted by Crippen LogP contribution is -2.38. The van der Waals surface area contributed by atoms with E-state index in [1.54, 1.807) is 0 Å². The number of ether oxygens (including phenoxy) is 1. The van der Waals surface area contributed by atoms with Crippen molar-refractivity contribution >= 4 is 11.9 Å². The summed E-state index contributed by atoms with van der Waals surface area (Å²) in [5, 5.41) is 14.5. The Morgan fingerprint density at radius 1 is 1.29 bits per heavy atom. The van der Waals surface area contributed by atoms with Crippen molar-refractivity contribution < 1.29 is 32.6 Å². The highest BCUT2D eigenvalue weighted by Crippen LogP contribution is 2.36.